The van der Waals surface area contributed by atoms with E-state index in [0.717, 1.165) is 6.08 Å². The molecule has 0 amide bonds. The van der Waals surface area contributed by atoms with Gasteiger partial charge in [0.25, 0.3) is 0 Å². The summed E-state index contributed by atoms with van der Waals surface area (Å²) in [7, 11) is 6.32. The standard InChI is InChI=1S/C24H29ClF2O5S/c1-5-19(30)32-24(20(31)33-25)12(2)8-14-15-10-17(26)16-9-13(28)6-7-21(16,3)23(15,27)18(29)11-22(14,24)4/h6-7,9,12,14-15,17-18,29H,5,8,10-11H2,1-4H3/t12-,14+,15+,17+,18+,21+,22+,23+,24+/m1/s1. The van der Waals surface area contributed by atoms with Gasteiger partial charge in [0.2, 0.25) is 5.12 Å². The first-order valence-electron chi connectivity index (χ1n) is 11.3. The number of ketones is 1. The molecule has 0 spiro atoms. The number of rotatable bonds is 3. The molecule has 9 atom stereocenters. The monoisotopic (exact) mass is 502 g/mol. The van der Waals surface area contributed by atoms with Gasteiger partial charge >= 0.3 is 5.97 Å². The van der Waals surface area contributed by atoms with Gasteiger partial charge in [0.15, 0.2) is 17.1 Å². The molecule has 0 aromatic rings. The van der Waals surface area contributed by atoms with Crippen LogP contribution in [-0.2, 0) is 19.1 Å². The van der Waals surface area contributed by atoms with Crippen LogP contribution in [0.25, 0.3) is 0 Å². The smallest absolute Gasteiger partial charge is 0.306 e. The van der Waals surface area contributed by atoms with Crippen molar-refractivity contribution in [3.63, 3.8) is 0 Å². The van der Waals surface area contributed by atoms with Crippen LogP contribution in [0.1, 0.15) is 53.4 Å². The molecule has 33 heavy (non-hydrogen) atoms. The van der Waals surface area contributed by atoms with E-state index in [2.05, 4.69) is 0 Å². The quantitative estimate of drug-likeness (QED) is 0.565. The van der Waals surface area contributed by atoms with E-state index in [0.29, 0.717) is 17.4 Å². The SMILES string of the molecule is CCC(=O)O[C@]1(C(=O)SCl)[C@H](C)C[C@H]2[C@@H]3C[C@H](F)C4=CC(=O)C=C[C@]4(C)[C@@]3(F)[C@@H](O)C[C@@]21C. The second kappa shape index (κ2) is 7.89. The molecule has 0 aliphatic heterocycles. The minimum absolute atomic E-state index is 0.0338. The fraction of sp³-hybridized carbons (Fsp3) is 0.708. The molecule has 0 aromatic carbocycles. The molecule has 182 valence electrons. The highest BCUT2D eigenvalue weighted by Crippen LogP contribution is 2.72. The van der Waals surface area contributed by atoms with Gasteiger partial charge in [0.05, 0.1) is 6.10 Å². The summed E-state index contributed by atoms with van der Waals surface area (Å²) in [5.74, 6) is -3.03. The number of fused-ring (bicyclic) bond motifs is 5. The van der Waals surface area contributed by atoms with E-state index in [4.69, 9.17) is 15.4 Å². The molecule has 9 heteroatoms. The van der Waals surface area contributed by atoms with Gasteiger partial charge in [-0.15, -0.1) is 0 Å². The number of ether oxygens (including phenoxy) is 1. The topological polar surface area (TPSA) is 80.7 Å². The zero-order chi connectivity index (χ0) is 24.6. The molecular formula is C24H29ClF2O5S. The average Bonchev–Trinajstić information content (AvgIpc) is 2.98. The molecular weight excluding hydrogens is 474 g/mol. The molecule has 0 bridgehead atoms. The average molecular weight is 503 g/mol. The van der Waals surface area contributed by atoms with Gasteiger partial charge in [0.1, 0.15) is 6.17 Å². The molecule has 0 heterocycles. The third-order valence-electron chi connectivity index (χ3n) is 9.11. The van der Waals surface area contributed by atoms with Crippen molar-refractivity contribution in [1.29, 1.82) is 0 Å². The van der Waals surface area contributed by atoms with Crippen molar-refractivity contribution < 1.29 is 33.0 Å². The predicted molar refractivity (Wildman–Crippen MR) is 121 cm³/mol. The third-order valence-corrected chi connectivity index (χ3v) is 9.97. The Bertz CT molecular complexity index is 971. The Kier molecular flexibility index (Phi) is 5.94. The van der Waals surface area contributed by atoms with Crippen LogP contribution in [0.3, 0.4) is 0 Å². The maximum absolute atomic E-state index is 17.2. The summed E-state index contributed by atoms with van der Waals surface area (Å²) in [6, 6.07) is 0. The number of carbonyl (C=O) groups excluding carboxylic acids is 3. The molecule has 3 saturated carbocycles. The van der Waals surface area contributed by atoms with Gasteiger partial charge in [-0.3, -0.25) is 14.4 Å². The van der Waals surface area contributed by atoms with E-state index < -0.39 is 69.0 Å². The van der Waals surface area contributed by atoms with E-state index in [-0.39, 0.29) is 24.8 Å². The first-order chi connectivity index (χ1) is 15.3. The molecule has 0 unspecified atom stereocenters. The molecule has 0 saturated heterocycles. The lowest BCUT2D eigenvalue weighted by Crippen LogP contribution is -2.70. The van der Waals surface area contributed by atoms with Gasteiger partial charge in [0, 0.05) is 40.1 Å². The Morgan fingerprint density at radius 3 is 2.58 bits per heavy atom. The molecule has 3 fully saturated rings. The van der Waals surface area contributed by atoms with Crippen molar-refractivity contribution >= 4 is 38.5 Å². The summed E-state index contributed by atoms with van der Waals surface area (Å²) in [5.41, 5.74) is -6.55. The molecule has 5 nitrogen and oxygen atoms in total. The first-order valence-corrected chi connectivity index (χ1v) is 13.0. The highest BCUT2D eigenvalue weighted by Gasteiger charge is 2.78. The van der Waals surface area contributed by atoms with Crippen LogP contribution in [0, 0.1) is 28.6 Å². The van der Waals surface area contributed by atoms with Crippen LogP contribution in [0.15, 0.2) is 23.8 Å². The summed E-state index contributed by atoms with van der Waals surface area (Å²) < 4.78 is 38.5. The fourth-order valence-electron chi connectivity index (χ4n) is 7.53. The van der Waals surface area contributed by atoms with Crippen LogP contribution in [-0.4, -0.2) is 45.5 Å². The van der Waals surface area contributed by atoms with E-state index in [9.17, 15) is 19.5 Å². The Morgan fingerprint density at radius 1 is 1.30 bits per heavy atom. The fourth-order valence-corrected chi connectivity index (χ4v) is 8.46. The maximum Gasteiger partial charge on any atom is 0.306 e. The lowest BCUT2D eigenvalue weighted by Gasteiger charge is -2.63. The number of aliphatic hydroxyl groups is 1. The van der Waals surface area contributed by atoms with E-state index in [1.165, 1.54) is 19.1 Å². The molecule has 4 aliphatic rings. The Balaban J connectivity index is 1.88. The second-order valence-corrected chi connectivity index (χ2v) is 11.4. The lowest BCUT2D eigenvalue weighted by molar-refractivity contribution is -0.228. The normalized spacial score (nSPS) is 48.4. The second-order valence-electron chi connectivity index (χ2n) is 10.4. The van der Waals surface area contributed by atoms with Crippen LogP contribution in [0.2, 0.25) is 0 Å². The van der Waals surface area contributed by atoms with E-state index in [1.54, 1.807) is 20.8 Å². The van der Waals surface area contributed by atoms with Crippen LogP contribution >= 0.6 is 21.7 Å². The first kappa shape index (κ1) is 24.9. The number of halogens is 3. The Morgan fingerprint density at radius 2 is 1.97 bits per heavy atom. The summed E-state index contributed by atoms with van der Waals surface area (Å²) in [6.07, 6.45) is 0.516. The summed E-state index contributed by atoms with van der Waals surface area (Å²) in [5, 5.41) is 10.8. The summed E-state index contributed by atoms with van der Waals surface area (Å²) in [4.78, 5) is 37.6. The van der Waals surface area contributed by atoms with Gasteiger partial charge < -0.3 is 9.84 Å². The molecule has 4 aliphatic carbocycles. The lowest BCUT2D eigenvalue weighted by atomic mass is 9.44. The highest BCUT2D eigenvalue weighted by molar-refractivity contribution is 8.32. The van der Waals surface area contributed by atoms with E-state index >= 15 is 8.78 Å². The van der Waals surface area contributed by atoms with Crippen molar-refractivity contribution in [2.45, 2.75) is 76.9 Å². The molecule has 4 rings (SSSR count). The number of alkyl halides is 2. The zero-order valence-electron chi connectivity index (χ0n) is 19.1. The molecule has 1 N–H and O–H groups in total. The largest absolute Gasteiger partial charge is 0.449 e. The summed E-state index contributed by atoms with van der Waals surface area (Å²) in [6.45, 7) is 6.61. The number of carbonyl (C=O) groups is 3. The van der Waals surface area contributed by atoms with Crippen molar-refractivity contribution in [2.75, 3.05) is 0 Å². The van der Waals surface area contributed by atoms with Gasteiger partial charge in [-0.2, -0.15) is 0 Å². The predicted octanol–water partition coefficient (Wildman–Crippen LogP) is 4.66. The van der Waals surface area contributed by atoms with Crippen LogP contribution in [0.5, 0.6) is 0 Å². The summed E-state index contributed by atoms with van der Waals surface area (Å²) >= 11 is 0. The highest BCUT2D eigenvalue weighted by atomic mass is 35.7. The number of hydrogen-bond donors (Lipinski definition) is 1. The van der Waals surface area contributed by atoms with Gasteiger partial charge in [-0.1, -0.05) is 26.8 Å². The third kappa shape index (κ3) is 2.95. The molecule has 0 aromatic heterocycles. The number of esters is 1. The van der Waals surface area contributed by atoms with Crippen molar-refractivity contribution in [2.24, 2.45) is 28.6 Å². The molecule has 0 radical (unpaired) electrons. The Labute approximate surface area is 200 Å². The van der Waals surface area contributed by atoms with Crippen molar-refractivity contribution in [1.82, 2.24) is 0 Å². The van der Waals surface area contributed by atoms with Crippen LogP contribution in [0.4, 0.5) is 8.78 Å². The number of allylic oxidation sites excluding steroid dienone is 4. The Hall–Kier alpha value is -1.25. The van der Waals surface area contributed by atoms with Crippen molar-refractivity contribution in [3.05, 3.63) is 23.8 Å². The van der Waals surface area contributed by atoms with Crippen molar-refractivity contribution in [3.8, 4) is 0 Å². The zero-order valence-corrected chi connectivity index (χ0v) is 20.6. The number of hydrogen-bond acceptors (Lipinski definition) is 6. The minimum Gasteiger partial charge on any atom is -0.449 e. The van der Waals surface area contributed by atoms with E-state index in [1.807, 2.05) is 0 Å². The number of aliphatic hydroxyl groups excluding tert-OH is 1. The maximum atomic E-state index is 17.2. The van der Waals surface area contributed by atoms with Crippen LogP contribution < -0.4 is 0 Å². The minimum atomic E-state index is -2.26. The van der Waals surface area contributed by atoms with Gasteiger partial charge in [-0.25, -0.2) is 8.78 Å². The van der Waals surface area contributed by atoms with Gasteiger partial charge in [-0.05, 0) is 60.5 Å².